The molecule has 2 aromatic carbocycles. The molecule has 0 atom stereocenters. The number of ether oxygens (including phenoxy) is 2. The Morgan fingerprint density at radius 3 is 2.74 bits per heavy atom. The quantitative estimate of drug-likeness (QED) is 0.168. The zero-order valence-electron chi connectivity index (χ0n) is 19.4. The molecule has 0 unspecified atom stereocenters. The first kappa shape index (κ1) is 26.1. The summed E-state index contributed by atoms with van der Waals surface area (Å²) >= 11 is 8.81. The summed E-state index contributed by atoms with van der Waals surface area (Å²) in [5.41, 5.74) is 5.22. The van der Waals surface area contributed by atoms with Gasteiger partial charge in [0.15, 0.2) is 15.8 Å². The SMILES string of the molecule is CCOc1cc(/C=N/NC(=O)CSc2nc(-c3ccc(Cl)cc3)cs2)ccc1OCCC(C)C. The van der Waals surface area contributed by atoms with Crippen LogP contribution in [-0.2, 0) is 4.79 Å². The molecule has 0 saturated carbocycles. The number of amides is 1. The van der Waals surface area contributed by atoms with Crippen molar-refractivity contribution in [3.8, 4) is 22.8 Å². The zero-order valence-corrected chi connectivity index (χ0v) is 21.8. The van der Waals surface area contributed by atoms with E-state index in [2.05, 4.69) is 29.4 Å². The van der Waals surface area contributed by atoms with Gasteiger partial charge in [-0.2, -0.15) is 5.10 Å². The van der Waals surface area contributed by atoms with Crippen LogP contribution < -0.4 is 14.9 Å². The van der Waals surface area contributed by atoms with E-state index >= 15 is 0 Å². The number of benzene rings is 2. The zero-order chi connectivity index (χ0) is 24.3. The van der Waals surface area contributed by atoms with Crippen molar-refractivity contribution in [2.45, 2.75) is 31.5 Å². The second kappa shape index (κ2) is 13.4. The highest BCUT2D eigenvalue weighted by atomic mass is 35.5. The largest absolute Gasteiger partial charge is 0.490 e. The van der Waals surface area contributed by atoms with Crippen molar-refractivity contribution in [1.82, 2.24) is 10.4 Å². The van der Waals surface area contributed by atoms with Crippen LogP contribution in [0.15, 0.2) is 57.3 Å². The average Bonchev–Trinajstić information content (AvgIpc) is 3.28. The second-order valence-corrected chi connectivity index (χ2v) is 10.3. The number of aromatic nitrogens is 1. The summed E-state index contributed by atoms with van der Waals surface area (Å²) in [6.45, 7) is 7.42. The second-order valence-electron chi connectivity index (χ2n) is 7.76. The lowest BCUT2D eigenvalue weighted by Crippen LogP contribution is -2.19. The smallest absolute Gasteiger partial charge is 0.250 e. The van der Waals surface area contributed by atoms with Gasteiger partial charge >= 0.3 is 0 Å². The van der Waals surface area contributed by atoms with Crippen LogP contribution in [0.5, 0.6) is 11.5 Å². The first-order chi connectivity index (χ1) is 16.4. The lowest BCUT2D eigenvalue weighted by molar-refractivity contribution is -0.118. The van der Waals surface area contributed by atoms with Gasteiger partial charge in [-0.1, -0.05) is 49.3 Å². The van der Waals surface area contributed by atoms with Gasteiger partial charge < -0.3 is 9.47 Å². The van der Waals surface area contributed by atoms with Gasteiger partial charge in [0, 0.05) is 16.0 Å². The van der Waals surface area contributed by atoms with E-state index in [-0.39, 0.29) is 11.7 Å². The van der Waals surface area contributed by atoms with E-state index in [1.54, 1.807) is 6.21 Å². The fraction of sp³-hybridized carbons (Fsp3) is 0.320. The molecule has 9 heteroatoms. The molecular formula is C25H28ClN3O3S2. The first-order valence-electron chi connectivity index (χ1n) is 11.0. The number of hydrogen-bond donors (Lipinski definition) is 1. The fourth-order valence-electron chi connectivity index (χ4n) is 2.81. The summed E-state index contributed by atoms with van der Waals surface area (Å²) < 4.78 is 12.4. The van der Waals surface area contributed by atoms with Gasteiger partial charge in [0.1, 0.15) is 0 Å². The van der Waals surface area contributed by atoms with Gasteiger partial charge in [-0.15, -0.1) is 11.3 Å². The van der Waals surface area contributed by atoms with Gasteiger partial charge in [-0.3, -0.25) is 4.79 Å². The van der Waals surface area contributed by atoms with E-state index in [0.29, 0.717) is 35.7 Å². The van der Waals surface area contributed by atoms with Crippen LogP contribution in [0.4, 0.5) is 0 Å². The number of nitrogens with zero attached hydrogens (tertiary/aromatic N) is 2. The normalized spacial score (nSPS) is 11.2. The highest BCUT2D eigenvalue weighted by Crippen LogP contribution is 2.29. The van der Waals surface area contributed by atoms with Gasteiger partial charge in [-0.25, -0.2) is 10.4 Å². The molecule has 3 aromatic rings. The van der Waals surface area contributed by atoms with E-state index in [4.69, 9.17) is 21.1 Å². The van der Waals surface area contributed by atoms with E-state index in [1.165, 1.54) is 23.1 Å². The summed E-state index contributed by atoms with van der Waals surface area (Å²) in [6, 6.07) is 13.1. The lowest BCUT2D eigenvalue weighted by Gasteiger charge is -2.13. The number of carbonyl (C=O) groups is 1. The fourth-order valence-corrected chi connectivity index (χ4v) is 4.57. The Morgan fingerprint density at radius 2 is 2.00 bits per heavy atom. The van der Waals surface area contributed by atoms with Crippen molar-refractivity contribution >= 4 is 46.8 Å². The maximum Gasteiger partial charge on any atom is 0.250 e. The van der Waals surface area contributed by atoms with Crippen LogP contribution in [0.3, 0.4) is 0 Å². The monoisotopic (exact) mass is 517 g/mol. The van der Waals surface area contributed by atoms with Crippen molar-refractivity contribution in [3.05, 3.63) is 58.4 Å². The van der Waals surface area contributed by atoms with E-state index in [9.17, 15) is 4.79 Å². The molecule has 0 saturated heterocycles. The Labute approximate surface area is 213 Å². The van der Waals surface area contributed by atoms with Crippen LogP contribution >= 0.6 is 34.7 Å². The predicted molar refractivity (Wildman–Crippen MR) is 142 cm³/mol. The maximum atomic E-state index is 12.2. The molecule has 0 fully saturated rings. The van der Waals surface area contributed by atoms with Crippen LogP contribution in [0.2, 0.25) is 5.02 Å². The molecule has 0 radical (unpaired) electrons. The van der Waals surface area contributed by atoms with Crippen LogP contribution in [0.25, 0.3) is 11.3 Å². The molecule has 6 nitrogen and oxygen atoms in total. The lowest BCUT2D eigenvalue weighted by atomic mass is 10.1. The molecule has 34 heavy (non-hydrogen) atoms. The van der Waals surface area contributed by atoms with E-state index in [1.807, 2.05) is 54.8 Å². The maximum absolute atomic E-state index is 12.2. The van der Waals surface area contributed by atoms with Gasteiger partial charge in [-0.05, 0) is 55.2 Å². The Balaban J connectivity index is 1.49. The van der Waals surface area contributed by atoms with Crippen LogP contribution in [0.1, 0.15) is 32.8 Å². The molecule has 3 rings (SSSR count). The van der Waals surface area contributed by atoms with E-state index < -0.39 is 0 Å². The number of rotatable bonds is 12. The van der Waals surface area contributed by atoms with Crippen molar-refractivity contribution in [2.24, 2.45) is 11.0 Å². The molecule has 1 amide bonds. The van der Waals surface area contributed by atoms with Gasteiger partial charge in [0.05, 0.1) is 30.9 Å². The van der Waals surface area contributed by atoms with Crippen molar-refractivity contribution < 1.29 is 14.3 Å². The summed E-state index contributed by atoms with van der Waals surface area (Å²) in [4.78, 5) is 16.8. The summed E-state index contributed by atoms with van der Waals surface area (Å²) in [5, 5.41) is 6.72. The molecule has 1 aromatic heterocycles. The van der Waals surface area contributed by atoms with Crippen LogP contribution in [-0.4, -0.2) is 36.1 Å². The molecule has 180 valence electrons. The number of carbonyl (C=O) groups excluding carboxylic acids is 1. The summed E-state index contributed by atoms with van der Waals surface area (Å²) in [5.74, 6) is 1.96. The third-order valence-electron chi connectivity index (χ3n) is 4.57. The predicted octanol–water partition coefficient (Wildman–Crippen LogP) is 6.53. The third-order valence-corrected chi connectivity index (χ3v) is 6.85. The summed E-state index contributed by atoms with van der Waals surface area (Å²) in [6.07, 6.45) is 2.56. The minimum absolute atomic E-state index is 0.205. The minimum atomic E-state index is -0.205. The van der Waals surface area contributed by atoms with Gasteiger partial charge in [0.25, 0.3) is 5.91 Å². The molecule has 0 aliphatic rings. The number of nitrogens with one attached hydrogen (secondary N) is 1. The number of thioether (sulfide) groups is 1. The first-order valence-corrected chi connectivity index (χ1v) is 13.2. The van der Waals surface area contributed by atoms with Gasteiger partial charge in [0.2, 0.25) is 0 Å². The Bertz CT molecular complexity index is 1100. The Kier molecular flexibility index (Phi) is 10.2. The number of hydrazone groups is 1. The summed E-state index contributed by atoms with van der Waals surface area (Å²) in [7, 11) is 0. The molecule has 1 N–H and O–H groups in total. The van der Waals surface area contributed by atoms with E-state index in [0.717, 1.165) is 27.6 Å². The number of halogens is 1. The average molecular weight is 518 g/mol. The molecule has 0 aliphatic heterocycles. The highest BCUT2D eigenvalue weighted by molar-refractivity contribution is 8.01. The van der Waals surface area contributed by atoms with Crippen molar-refractivity contribution in [2.75, 3.05) is 19.0 Å². The molecule has 0 bridgehead atoms. The van der Waals surface area contributed by atoms with Crippen LogP contribution in [0, 0.1) is 5.92 Å². The highest BCUT2D eigenvalue weighted by Gasteiger charge is 2.09. The standard InChI is InChI=1S/C25H28ClN3O3S2/c1-4-31-23-13-18(5-10-22(23)32-12-11-17(2)3)14-27-29-24(30)16-34-25-28-21(15-33-25)19-6-8-20(26)9-7-19/h5-10,13-15,17H,4,11-12,16H2,1-3H3,(H,29,30)/b27-14+. The Hall–Kier alpha value is -2.55. The van der Waals surface area contributed by atoms with Crippen molar-refractivity contribution in [1.29, 1.82) is 0 Å². The molecular weight excluding hydrogens is 490 g/mol. The third kappa shape index (κ3) is 8.34. The molecule has 0 spiro atoms. The number of thiazole rings is 1. The topological polar surface area (TPSA) is 72.8 Å². The molecule has 1 heterocycles. The van der Waals surface area contributed by atoms with Crippen molar-refractivity contribution in [3.63, 3.8) is 0 Å². The molecule has 0 aliphatic carbocycles. The number of hydrogen-bond acceptors (Lipinski definition) is 7. The minimum Gasteiger partial charge on any atom is -0.490 e. The Morgan fingerprint density at radius 1 is 1.21 bits per heavy atom.